The summed E-state index contributed by atoms with van der Waals surface area (Å²) < 4.78 is 28.5. The number of rotatable bonds is 3. The van der Waals surface area contributed by atoms with Gasteiger partial charge in [0.05, 0.1) is 4.90 Å². The molecule has 0 radical (unpaired) electrons. The van der Waals surface area contributed by atoms with Crippen molar-refractivity contribution in [2.24, 2.45) is 4.40 Å². The Kier molecular flexibility index (Phi) is 4.52. The molecule has 0 aliphatic carbocycles. The molecule has 0 heterocycles. The summed E-state index contributed by atoms with van der Waals surface area (Å²) in [7, 11) is -0.224. The molecule has 0 aromatic heterocycles. The maximum atomic E-state index is 11.8. The van der Waals surface area contributed by atoms with Crippen LogP contribution < -0.4 is 0 Å². The summed E-state index contributed by atoms with van der Waals surface area (Å²) in [6.07, 6.45) is 1.25. The zero-order valence-electron chi connectivity index (χ0n) is 8.68. The Hall–Kier alpha value is -0.400. The molecule has 1 aromatic rings. The second-order valence-corrected chi connectivity index (χ2v) is 6.73. The fourth-order valence-corrected chi connectivity index (χ4v) is 3.48. The van der Waals surface area contributed by atoms with Crippen molar-refractivity contribution in [2.45, 2.75) is 4.90 Å². The topological polar surface area (TPSA) is 49.7 Å². The third-order valence-corrected chi connectivity index (χ3v) is 3.67. The van der Waals surface area contributed by atoms with Gasteiger partial charge in [-0.05, 0) is 18.2 Å². The van der Waals surface area contributed by atoms with Crippen LogP contribution in [0.25, 0.3) is 0 Å². The monoisotopic (exact) mass is 368 g/mol. The Morgan fingerprint density at radius 1 is 1.19 bits per heavy atom. The third-order valence-electron chi connectivity index (χ3n) is 1.55. The van der Waals surface area contributed by atoms with Crippen molar-refractivity contribution in [1.29, 1.82) is 0 Å². The van der Waals surface area contributed by atoms with Gasteiger partial charge in [-0.25, -0.2) is 0 Å². The molecule has 0 unspecified atom stereocenters. The zero-order valence-corrected chi connectivity index (χ0v) is 12.7. The average Bonchev–Trinajstić information content (AvgIpc) is 2.13. The van der Waals surface area contributed by atoms with E-state index in [9.17, 15) is 8.42 Å². The smallest absolute Gasteiger partial charge is 0.283 e. The minimum atomic E-state index is -3.63. The molecule has 7 heteroatoms. The van der Waals surface area contributed by atoms with Gasteiger partial charge in [0.25, 0.3) is 10.0 Å². The van der Waals surface area contributed by atoms with E-state index in [2.05, 4.69) is 36.3 Å². The largest absolute Gasteiger partial charge is 0.368 e. The van der Waals surface area contributed by atoms with E-state index in [0.29, 0.717) is 8.95 Å². The van der Waals surface area contributed by atoms with Gasteiger partial charge in [-0.3, -0.25) is 0 Å². The molecule has 0 aliphatic rings. The molecule has 0 atom stereocenters. The highest BCUT2D eigenvalue weighted by Gasteiger charge is 2.13. The molecular weight excluding hydrogens is 360 g/mol. The minimum Gasteiger partial charge on any atom is -0.368 e. The van der Waals surface area contributed by atoms with E-state index in [1.807, 2.05) is 0 Å². The predicted molar refractivity (Wildman–Crippen MR) is 71.2 cm³/mol. The van der Waals surface area contributed by atoms with Crippen molar-refractivity contribution < 1.29 is 8.42 Å². The van der Waals surface area contributed by atoms with Crippen LogP contribution in [0.3, 0.4) is 0 Å². The number of sulfonamides is 1. The van der Waals surface area contributed by atoms with Crippen LogP contribution in [0.2, 0.25) is 0 Å². The Bertz CT molecular complexity index is 492. The van der Waals surface area contributed by atoms with Crippen molar-refractivity contribution in [2.75, 3.05) is 14.1 Å². The Morgan fingerprint density at radius 3 is 2.12 bits per heavy atom. The molecule has 88 valence electrons. The summed E-state index contributed by atoms with van der Waals surface area (Å²) in [6, 6.07) is 4.77. The van der Waals surface area contributed by atoms with Gasteiger partial charge in [0.15, 0.2) is 0 Å². The molecule has 4 nitrogen and oxygen atoms in total. The van der Waals surface area contributed by atoms with E-state index < -0.39 is 10.0 Å². The summed E-state index contributed by atoms with van der Waals surface area (Å²) >= 11 is 6.46. The average molecular weight is 370 g/mol. The molecule has 0 bridgehead atoms. The first-order valence-corrected chi connectivity index (χ1v) is 7.27. The number of hydrogen-bond donors (Lipinski definition) is 0. The lowest BCUT2D eigenvalue weighted by atomic mass is 10.4. The Labute approximate surface area is 112 Å². The summed E-state index contributed by atoms with van der Waals surface area (Å²) in [5.74, 6) is 0. The van der Waals surface area contributed by atoms with Gasteiger partial charge in [0.1, 0.15) is 6.34 Å². The minimum absolute atomic E-state index is 0.145. The van der Waals surface area contributed by atoms with Gasteiger partial charge in [-0.15, -0.1) is 4.40 Å². The number of hydrogen-bond acceptors (Lipinski definition) is 2. The Morgan fingerprint density at radius 2 is 1.69 bits per heavy atom. The van der Waals surface area contributed by atoms with Crippen LogP contribution >= 0.6 is 31.9 Å². The Balaban J connectivity index is 3.17. The van der Waals surface area contributed by atoms with E-state index in [-0.39, 0.29) is 4.90 Å². The van der Waals surface area contributed by atoms with Crippen LogP contribution in [0.5, 0.6) is 0 Å². The summed E-state index contributed by atoms with van der Waals surface area (Å²) in [6.45, 7) is 0. The highest BCUT2D eigenvalue weighted by molar-refractivity contribution is 9.11. The lowest BCUT2D eigenvalue weighted by molar-refractivity contribution is 0.594. The van der Waals surface area contributed by atoms with E-state index in [0.717, 1.165) is 0 Å². The molecule has 0 saturated carbocycles. The van der Waals surface area contributed by atoms with Gasteiger partial charge in [-0.1, -0.05) is 31.9 Å². The standard InChI is InChI=1S/C9H10Br2N2O2S/c1-13(2)6-12-16(14,15)9-4-7(10)3-8(11)5-9/h3-6H,1-2H3/b12-6+. The number of nitrogens with zero attached hydrogens (tertiary/aromatic N) is 2. The number of halogens is 2. The van der Waals surface area contributed by atoms with Gasteiger partial charge < -0.3 is 4.90 Å². The van der Waals surface area contributed by atoms with Crippen molar-refractivity contribution >= 4 is 48.2 Å². The second-order valence-electron chi connectivity index (χ2n) is 3.26. The molecule has 0 fully saturated rings. The fraction of sp³-hybridized carbons (Fsp3) is 0.222. The van der Waals surface area contributed by atoms with Crippen LogP contribution in [0.15, 0.2) is 36.4 Å². The fourth-order valence-electron chi connectivity index (χ4n) is 0.895. The molecule has 0 spiro atoms. The van der Waals surface area contributed by atoms with Gasteiger partial charge in [-0.2, -0.15) is 8.42 Å². The van der Waals surface area contributed by atoms with Crippen LogP contribution in [0.4, 0.5) is 0 Å². The van der Waals surface area contributed by atoms with Crippen LogP contribution in [0.1, 0.15) is 0 Å². The summed E-state index contributed by atoms with van der Waals surface area (Å²) in [5, 5.41) is 0. The normalized spacial score (nSPS) is 12.0. The van der Waals surface area contributed by atoms with Crippen molar-refractivity contribution in [3.8, 4) is 0 Å². The first-order chi connectivity index (χ1) is 7.31. The molecular formula is C9H10Br2N2O2S. The van der Waals surface area contributed by atoms with Gasteiger partial charge in [0, 0.05) is 23.0 Å². The quantitative estimate of drug-likeness (QED) is 0.607. The van der Waals surface area contributed by atoms with E-state index >= 15 is 0 Å². The zero-order chi connectivity index (χ0) is 12.3. The molecule has 0 N–H and O–H groups in total. The maximum absolute atomic E-state index is 11.8. The first kappa shape index (κ1) is 13.7. The molecule has 0 aliphatic heterocycles. The summed E-state index contributed by atoms with van der Waals surface area (Å²) in [4.78, 5) is 1.71. The van der Waals surface area contributed by atoms with E-state index in [4.69, 9.17) is 0 Å². The van der Waals surface area contributed by atoms with Crippen molar-refractivity contribution in [1.82, 2.24) is 4.90 Å². The van der Waals surface area contributed by atoms with Crippen LogP contribution in [-0.4, -0.2) is 33.8 Å². The molecule has 1 aromatic carbocycles. The number of benzene rings is 1. The second kappa shape index (κ2) is 5.29. The van der Waals surface area contributed by atoms with Crippen molar-refractivity contribution in [3.05, 3.63) is 27.1 Å². The van der Waals surface area contributed by atoms with Gasteiger partial charge >= 0.3 is 0 Å². The van der Waals surface area contributed by atoms with Gasteiger partial charge in [0.2, 0.25) is 0 Å². The lowest BCUT2D eigenvalue weighted by Gasteiger charge is -2.04. The van der Waals surface area contributed by atoms with Crippen LogP contribution in [0, 0.1) is 0 Å². The molecule has 0 saturated heterocycles. The summed E-state index contributed by atoms with van der Waals surface area (Å²) in [5.41, 5.74) is 0. The maximum Gasteiger partial charge on any atom is 0.283 e. The highest BCUT2D eigenvalue weighted by atomic mass is 79.9. The highest BCUT2D eigenvalue weighted by Crippen LogP contribution is 2.24. The van der Waals surface area contributed by atoms with Crippen molar-refractivity contribution in [3.63, 3.8) is 0 Å². The molecule has 16 heavy (non-hydrogen) atoms. The SMILES string of the molecule is CN(C)/C=N/S(=O)(=O)c1cc(Br)cc(Br)c1. The third kappa shape index (κ3) is 3.88. The molecule has 0 amide bonds. The van der Waals surface area contributed by atoms with Crippen LogP contribution in [-0.2, 0) is 10.0 Å². The van der Waals surface area contributed by atoms with E-state index in [1.165, 1.54) is 18.5 Å². The predicted octanol–water partition coefficient (Wildman–Crippen LogP) is 2.49. The first-order valence-electron chi connectivity index (χ1n) is 4.24. The lowest BCUT2D eigenvalue weighted by Crippen LogP contribution is -2.10. The van der Waals surface area contributed by atoms with E-state index in [1.54, 1.807) is 25.1 Å². The molecule has 1 rings (SSSR count).